The van der Waals surface area contributed by atoms with E-state index in [-0.39, 0.29) is 6.04 Å². The van der Waals surface area contributed by atoms with Gasteiger partial charge < -0.3 is 10.0 Å². The van der Waals surface area contributed by atoms with Crippen LogP contribution < -0.4 is 4.90 Å². The number of aromatic nitrogens is 1. The van der Waals surface area contributed by atoms with Crippen molar-refractivity contribution in [1.29, 1.82) is 0 Å². The van der Waals surface area contributed by atoms with Gasteiger partial charge in [-0.15, -0.1) is 11.3 Å². The van der Waals surface area contributed by atoms with Crippen LogP contribution in [0, 0.1) is 0 Å². The van der Waals surface area contributed by atoms with Crippen molar-refractivity contribution < 1.29 is 9.90 Å². The quantitative estimate of drug-likeness (QED) is 0.914. The Bertz CT molecular complexity index is 563. The number of carboxylic acid groups (broad SMARTS) is 1. The third-order valence-electron chi connectivity index (χ3n) is 3.05. The second-order valence-electron chi connectivity index (χ2n) is 4.23. The molecular weight excluding hydrogens is 280 g/mol. The third kappa shape index (κ3) is 2.79. The SMILES string of the molecule is CCc1nc(N(C)C(C)c2cccs2)sc1C(=O)O. The summed E-state index contributed by atoms with van der Waals surface area (Å²) < 4.78 is 0. The van der Waals surface area contributed by atoms with Crippen LogP contribution in [0.4, 0.5) is 5.13 Å². The molecule has 0 aliphatic carbocycles. The van der Waals surface area contributed by atoms with Crippen molar-refractivity contribution in [2.45, 2.75) is 26.3 Å². The minimum atomic E-state index is -0.891. The molecule has 0 saturated heterocycles. The van der Waals surface area contributed by atoms with Gasteiger partial charge in [0.05, 0.1) is 11.7 Å². The molecule has 1 unspecified atom stereocenters. The first-order valence-electron chi connectivity index (χ1n) is 6.03. The summed E-state index contributed by atoms with van der Waals surface area (Å²) in [5, 5.41) is 12.0. The van der Waals surface area contributed by atoms with Crippen molar-refractivity contribution in [3.05, 3.63) is 33.0 Å². The molecule has 2 aromatic rings. The zero-order chi connectivity index (χ0) is 14.0. The Balaban J connectivity index is 2.29. The maximum absolute atomic E-state index is 11.2. The van der Waals surface area contributed by atoms with Crippen LogP contribution in [0.15, 0.2) is 17.5 Å². The van der Waals surface area contributed by atoms with E-state index in [1.165, 1.54) is 16.2 Å². The highest BCUT2D eigenvalue weighted by Crippen LogP contribution is 2.32. The Morgan fingerprint density at radius 1 is 1.58 bits per heavy atom. The summed E-state index contributed by atoms with van der Waals surface area (Å²) >= 11 is 2.94. The summed E-state index contributed by atoms with van der Waals surface area (Å²) in [7, 11) is 1.95. The van der Waals surface area contributed by atoms with Crippen LogP contribution in [0.1, 0.15) is 40.1 Å². The van der Waals surface area contributed by atoms with Crippen LogP contribution in [-0.4, -0.2) is 23.1 Å². The fourth-order valence-corrected chi connectivity index (χ4v) is 3.64. The van der Waals surface area contributed by atoms with Crippen LogP contribution in [-0.2, 0) is 6.42 Å². The van der Waals surface area contributed by atoms with Gasteiger partial charge in [-0.05, 0) is 24.8 Å². The van der Waals surface area contributed by atoms with E-state index in [0.717, 1.165) is 5.13 Å². The Labute approximate surface area is 120 Å². The average Bonchev–Trinajstić information content (AvgIpc) is 3.05. The van der Waals surface area contributed by atoms with Crippen LogP contribution >= 0.6 is 22.7 Å². The number of hydrogen-bond donors (Lipinski definition) is 1. The number of carbonyl (C=O) groups is 1. The lowest BCUT2D eigenvalue weighted by Gasteiger charge is -2.23. The predicted molar refractivity (Wildman–Crippen MR) is 79.6 cm³/mol. The first kappa shape index (κ1) is 14.0. The van der Waals surface area contributed by atoms with Gasteiger partial charge in [0.2, 0.25) is 0 Å². The fraction of sp³-hybridized carbons (Fsp3) is 0.385. The first-order chi connectivity index (χ1) is 9.04. The lowest BCUT2D eigenvalue weighted by molar-refractivity contribution is 0.0701. The lowest BCUT2D eigenvalue weighted by atomic mass is 10.2. The number of aromatic carboxylic acids is 1. The molecule has 0 fully saturated rings. The second kappa shape index (κ2) is 5.71. The molecule has 0 aliphatic heterocycles. The summed E-state index contributed by atoms with van der Waals surface area (Å²) in [6.07, 6.45) is 0.638. The number of aryl methyl sites for hydroxylation is 1. The maximum Gasteiger partial charge on any atom is 0.347 e. The zero-order valence-corrected chi connectivity index (χ0v) is 12.7. The van der Waals surface area contributed by atoms with Gasteiger partial charge in [0, 0.05) is 11.9 Å². The summed E-state index contributed by atoms with van der Waals surface area (Å²) in [5.74, 6) is -0.891. The molecular formula is C13H16N2O2S2. The van der Waals surface area contributed by atoms with E-state index >= 15 is 0 Å². The highest BCUT2D eigenvalue weighted by molar-refractivity contribution is 7.17. The molecule has 0 spiro atoms. The minimum absolute atomic E-state index is 0.192. The summed E-state index contributed by atoms with van der Waals surface area (Å²) in [4.78, 5) is 19.2. The van der Waals surface area contributed by atoms with Crippen molar-refractivity contribution in [2.24, 2.45) is 0 Å². The first-order valence-corrected chi connectivity index (χ1v) is 7.73. The maximum atomic E-state index is 11.2. The molecule has 1 atom stereocenters. The molecule has 19 heavy (non-hydrogen) atoms. The molecule has 2 heterocycles. The summed E-state index contributed by atoms with van der Waals surface area (Å²) in [5.41, 5.74) is 0.665. The Kier molecular flexibility index (Phi) is 4.21. The fourth-order valence-electron chi connectivity index (χ4n) is 1.78. The van der Waals surface area contributed by atoms with E-state index in [1.54, 1.807) is 11.3 Å². The van der Waals surface area contributed by atoms with Crippen molar-refractivity contribution in [3.8, 4) is 0 Å². The van der Waals surface area contributed by atoms with Crippen LogP contribution in [0.2, 0.25) is 0 Å². The van der Waals surface area contributed by atoms with E-state index in [1.807, 2.05) is 30.3 Å². The smallest absolute Gasteiger partial charge is 0.347 e. The number of thiophene rings is 1. The Hall–Kier alpha value is -1.40. The van der Waals surface area contributed by atoms with Crippen molar-refractivity contribution in [2.75, 3.05) is 11.9 Å². The summed E-state index contributed by atoms with van der Waals surface area (Å²) in [6.45, 7) is 4.02. The van der Waals surface area contributed by atoms with Crippen LogP contribution in [0.5, 0.6) is 0 Å². The highest BCUT2D eigenvalue weighted by Gasteiger charge is 2.21. The zero-order valence-electron chi connectivity index (χ0n) is 11.1. The van der Waals surface area contributed by atoms with Gasteiger partial charge >= 0.3 is 5.97 Å². The molecule has 4 nitrogen and oxygen atoms in total. The third-order valence-corrected chi connectivity index (χ3v) is 5.27. The average molecular weight is 296 g/mol. The molecule has 0 bridgehead atoms. The molecule has 6 heteroatoms. The van der Waals surface area contributed by atoms with Gasteiger partial charge in [0.1, 0.15) is 4.88 Å². The Morgan fingerprint density at radius 3 is 2.79 bits per heavy atom. The van der Waals surface area contributed by atoms with E-state index in [4.69, 9.17) is 5.11 Å². The van der Waals surface area contributed by atoms with E-state index < -0.39 is 5.97 Å². The summed E-state index contributed by atoms with van der Waals surface area (Å²) in [6, 6.07) is 4.29. The molecule has 0 amide bonds. The van der Waals surface area contributed by atoms with Gasteiger partial charge in [0.15, 0.2) is 5.13 Å². The topological polar surface area (TPSA) is 53.4 Å². The van der Waals surface area contributed by atoms with Crippen molar-refractivity contribution in [3.63, 3.8) is 0 Å². The van der Waals surface area contributed by atoms with E-state index in [9.17, 15) is 4.79 Å². The van der Waals surface area contributed by atoms with Crippen molar-refractivity contribution in [1.82, 2.24) is 4.98 Å². The normalized spacial score (nSPS) is 12.4. The monoisotopic (exact) mass is 296 g/mol. The second-order valence-corrected chi connectivity index (χ2v) is 6.19. The van der Waals surface area contributed by atoms with E-state index in [0.29, 0.717) is 17.0 Å². The number of thiazole rings is 1. The predicted octanol–water partition coefficient (Wildman–Crippen LogP) is 3.66. The minimum Gasteiger partial charge on any atom is -0.477 e. The Morgan fingerprint density at radius 2 is 2.32 bits per heavy atom. The molecule has 102 valence electrons. The van der Waals surface area contributed by atoms with Gasteiger partial charge in [-0.2, -0.15) is 0 Å². The van der Waals surface area contributed by atoms with Gasteiger partial charge in [-0.25, -0.2) is 9.78 Å². The molecule has 0 aromatic carbocycles. The number of carboxylic acids is 1. The van der Waals surface area contributed by atoms with Crippen molar-refractivity contribution >= 4 is 33.8 Å². The molecule has 0 radical (unpaired) electrons. The standard InChI is InChI=1S/C13H16N2O2S2/c1-4-9-11(12(16)17)19-13(14-9)15(3)8(2)10-6-5-7-18-10/h5-8H,4H2,1-3H3,(H,16,17). The van der Waals surface area contributed by atoms with Gasteiger partial charge in [-0.1, -0.05) is 24.3 Å². The highest BCUT2D eigenvalue weighted by atomic mass is 32.1. The molecule has 0 aliphatic rings. The van der Waals surface area contributed by atoms with Gasteiger partial charge in [-0.3, -0.25) is 0 Å². The van der Waals surface area contributed by atoms with Crippen LogP contribution in [0.25, 0.3) is 0 Å². The molecule has 2 aromatic heterocycles. The number of hydrogen-bond acceptors (Lipinski definition) is 5. The van der Waals surface area contributed by atoms with E-state index in [2.05, 4.69) is 18.0 Å². The number of anilines is 1. The van der Waals surface area contributed by atoms with Crippen LogP contribution in [0.3, 0.4) is 0 Å². The molecule has 1 N–H and O–H groups in total. The number of nitrogens with zero attached hydrogens (tertiary/aromatic N) is 2. The number of rotatable bonds is 5. The molecule has 2 rings (SSSR count). The largest absolute Gasteiger partial charge is 0.477 e. The lowest BCUT2D eigenvalue weighted by Crippen LogP contribution is -2.20. The van der Waals surface area contributed by atoms with Gasteiger partial charge in [0.25, 0.3) is 0 Å². The molecule has 0 saturated carbocycles.